The van der Waals surface area contributed by atoms with E-state index >= 15 is 0 Å². The molecule has 3 aromatic carbocycles. The SMILES string of the molecule is COc1ccc(C2CC(c3ccc(F)cc3)=NN2C(=O)CN(C)Cc2ccccc2)c(OC)c1. The van der Waals surface area contributed by atoms with Gasteiger partial charge in [0.05, 0.1) is 32.5 Å². The van der Waals surface area contributed by atoms with Gasteiger partial charge in [0.2, 0.25) is 0 Å². The zero-order valence-corrected chi connectivity index (χ0v) is 19.6. The Balaban J connectivity index is 1.62. The van der Waals surface area contributed by atoms with E-state index in [1.165, 1.54) is 17.1 Å². The molecule has 3 aromatic rings. The fourth-order valence-corrected chi connectivity index (χ4v) is 4.15. The van der Waals surface area contributed by atoms with Crippen LogP contribution in [0.1, 0.15) is 29.2 Å². The number of likely N-dealkylation sites (N-methyl/N-ethyl adjacent to an activating group) is 1. The monoisotopic (exact) mass is 461 g/mol. The molecule has 7 heteroatoms. The summed E-state index contributed by atoms with van der Waals surface area (Å²) in [4.78, 5) is 15.4. The van der Waals surface area contributed by atoms with Gasteiger partial charge in [-0.05, 0) is 42.4 Å². The Kier molecular flexibility index (Phi) is 7.23. The topological polar surface area (TPSA) is 54.4 Å². The molecule has 0 saturated carbocycles. The van der Waals surface area contributed by atoms with Gasteiger partial charge in [-0.1, -0.05) is 42.5 Å². The average molecular weight is 462 g/mol. The maximum absolute atomic E-state index is 13.5. The van der Waals surface area contributed by atoms with Crippen LogP contribution in [0.25, 0.3) is 0 Å². The van der Waals surface area contributed by atoms with Crippen LogP contribution in [0.4, 0.5) is 4.39 Å². The summed E-state index contributed by atoms with van der Waals surface area (Å²) in [5, 5.41) is 6.22. The van der Waals surface area contributed by atoms with Gasteiger partial charge in [-0.2, -0.15) is 5.10 Å². The minimum atomic E-state index is -0.349. The first-order valence-corrected chi connectivity index (χ1v) is 11.1. The van der Waals surface area contributed by atoms with Gasteiger partial charge in [-0.3, -0.25) is 9.69 Å². The van der Waals surface area contributed by atoms with E-state index in [-0.39, 0.29) is 24.3 Å². The lowest BCUT2D eigenvalue weighted by molar-refractivity contribution is -0.134. The largest absolute Gasteiger partial charge is 0.497 e. The molecule has 1 aliphatic rings. The predicted octanol–water partition coefficient (Wildman–Crippen LogP) is 4.65. The van der Waals surface area contributed by atoms with Crippen molar-refractivity contribution in [3.63, 3.8) is 0 Å². The number of carbonyl (C=O) groups is 1. The summed E-state index contributed by atoms with van der Waals surface area (Å²) in [6.45, 7) is 0.843. The minimum Gasteiger partial charge on any atom is -0.497 e. The van der Waals surface area contributed by atoms with E-state index in [1.54, 1.807) is 32.4 Å². The van der Waals surface area contributed by atoms with E-state index in [0.29, 0.717) is 24.5 Å². The van der Waals surface area contributed by atoms with Gasteiger partial charge in [-0.15, -0.1) is 0 Å². The molecule has 1 heterocycles. The molecule has 0 aliphatic carbocycles. The van der Waals surface area contributed by atoms with Crippen LogP contribution in [0.3, 0.4) is 0 Å². The first kappa shape index (κ1) is 23.4. The zero-order chi connectivity index (χ0) is 24.1. The molecule has 0 saturated heterocycles. The third-order valence-electron chi connectivity index (χ3n) is 5.84. The Morgan fingerprint density at radius 1 is 1.06 bits per heavy atom. The maximum atomic E-state index is 13.5. The summed E-state index contributed by atoms with van der Waals surface area (Å²) in [6, 6.07) is 21.4. The van der Waals surface area contributed by atoms with Crippen molar-refractivity contribution in [2.24, 2.45) is 5.10 Å². The quantitative estimate of drug-likeness (QED) is 0.490. The molecule has 1 atom stereocenters. The van der Waals surface area contributed by atoms with Crippen molar-refractivity contribution in [1.29, 1.82) is 0 Å². The highest BCUT2D eigenvalue weighted by Gasteiger charge is 2.35. The number of carbonyl (C=O) groups excluding carboxylic acids is 1. The summed E-state index contributed by atoms with van der Waals surface area (Å²) < 4.78 is 24.4. The fourth-order valence-electron chi connectivity index (χ4n) is 4.15. The molecule has 1 amide bonds. The van der Waals surface area contributed by atoms with Gasteiger partial charge >= 0.3 is 0 Å². The second-order valence-electron chi connectivity index (χ2n) is 8.28. The highest BCUT2D eigenvalue weighted by molar-refractivity contribution is 6.03. The molecule has 1 aliphatic heterocycles. The Hall–Kier alpha value is -3.71. The third kappa shape index (κ3) is 5.26. The second kappa shape index (κ2) is 10.5. The standard InChI is InChI=1S/C27H28FN3O3/c1-30(17-19-7-5-4-6-8-19)18-27(32)31-25(23-14-13-22(33-2)15-26(23)34-3)16-24(29-31)20-9-11-21(28)12-10-20/h4-15,25H,16-18H2,1-3H3. The van der Waals surface area contributed by atoms with Crippen molar-refractivity contribution in [1.82, 2.24) is 9.91 Å². The molecule has 0 radical (unpaired) electrons. The van der Waals surface area contributed by atoms with Crippen LogP contribution in [0.15, 0.2) is 77.9 Å². The number of hydrogen-bond donors (Lipinski definition) is 0. The van der Waals surface area contributed by atoms with E-state index < -0.39 is 0 Å². The number of halogens is 1. The van der Waals surface area contributed by atoms with E-state index in [0.717, 1.165) is 22.4 Å². The van der Waals surface area contributed by atoms with Crippen molar-refractivity contribution >= 4 is 11.6 Å². The summed E-state index contributed by atoms with van der Waals surface area (Å²) in [6.07, 6.45) is 0.489. The lowest BCUT2D eigenvalue weighted by atomic mass is 9.97. The van der Waals surface area contributed by atoms with Gasteiger partial charge in [-0.25, -0.2) is 9.40 Å². The van der Waals surface area contributed by atoms with Gasteiger partial charge < -0.3 is 9.47 Å². The van der Waals surface area contributed by atoms with Crippen LogP contribution in [0.2, 0.25) is 0 Å². The molecule has 34 heavy (non-hydrogen) atoms. The van der Waals surface area contributed by atoms with Crippen LogP contribution in [0.5, 0.6) is 11.5 Å². The lowest BCUT2D eigenvalue weighted by Crippen LogP contribution is -2.36. The van der Waals surface area contributed by atoms with Crippen LogP contribution >= 0.6 is 0 Å². The van der Waals surface area contributed by atoms with E-state index in [4.69, 9.17) is 9.47 Å². The smallest absolute Gasteiger partial charge is 0.257 e. The van der Waals surface area contributed by atoms with Gasteiger partial charge in [0.15, 0.2) is 0 Å². The maximum Gasteiger partial charge on any atom is 0.257 e. The number of nitrogens with zero attached hydrogens (tertiary/aromatic N) is 3. The highest BCUT2D eigenvalue weighted by atomic mass is 19.1. The Morgan fingerprint density at radius 2 is 1.79 bits per heavy atom. The lowest BCUT2D eigenvalue weighted by Gasteiger charge is -2.26. The molecule has 6 nitrogen and oxygen atoms in total. The molecular weight excluding hydrogens is 433 g/mol. The van der Waals surface area contributed by atoms with Crippen molar-refractivity contribution in [3.05, 3.63) is 95.3 Å². The molecule has 0 N–H and O–H groups in total. The normalized spacial score (nSPS) is 15.4. The molecule has 0 spiro atoms. The molecule has 176 valence electrons. The Morgan fingerprint density at radius 3 is 2.47 bits per heavy atom. The highest BCUT2D eigenvalue weighted by Crippen LogP contribution is 2.39. The van der Waals surface area contributed by atoms with Gasteiger partial charge in [0.1, 0.15) is 17.3 Å². The molecule has 4 rings (SSSR count). The fraction of sp³-hybridized carbons (Fsp3) is 0.259. The molecule has 0 aromatic heterocycles. The minimum absolute atomic E-state index is 0.126. The summed E-state index contributed by atoms with van der Waals surface area (Å²) >= 11 is 0. The summed E-state index contributed by atoms with van der Waals surface area (Å²) in [7, 11) is 5.10. The molecule has 0 fully saturated rings. The number of hydrogen-bond acceptors (Lipinski definition) is 5. The number of rotatable bonds is 8. The number of methoxy groups -OCH3 is 2. The number of benzene rings is 3. The van der Waals surface area contributed by atoms with E-state index in [1.807, 2.05) is 54.4 Å². The molecule has 0 bridgehead atoms. The first-order chi connectivity index (χ1) is 16.5. The van der Waals surface area contributed by atoms with E-state index in [9.17, 15) is 9.18 Å². The third-order valence-corrected chi connectivity index (χ3v) is 5.84. The van der Waals surface area contributed by atoms with Crippen LogP contribution in [-0.2, 0) is 11.3 Å². The van der Waals surface area contributed by atoms with Gasteiger partial charge in [0.25, 0.3) is 5.91 Å². The van der Waals surface area contributed by atoms with Crippen LogP contribution in [0, 0.1) is 5.82 Å². The first-order valence-electron chi connectivity index (χ1n) is 11.1. The van der Waals surface area contributed by atoms with Gasteiger partial charge in [0, 0.05) is 24.6 Å². The van der Waals surface area contributed by atoms with Crippen molar-refractivity contribution in [3.8, 4) is 11.5 Å². The second-order valence-corrected chi connectivity index (χ2v) is 8.28. The van der Waals surface area contributed by atoms with Crippen molar-refractivity contribution in [2.75, 3.05) is 27.8 Å². The average Bonchev–Trinajstić information content (AvgIpc) is 3.30. The van der Waals surface area contributed by atoms with Crippen LogP contribution < -0.4 is 9.47 Å². The predicted molar refractivity (Wildman–Crippen MR) is 129 cm³/mol. The van der Waals surface area contributed by atoms with Crippen molar-refractivity contribution in [2.45, 2.75) is 19.0 Å². The summed E-state index contributed by atoms with van der Waals surface area (Å²) in [5.74, 6) is 0.846. The number of hydrazone groups is 1. The molecular formula is C27H28FN3O3. The Labute approximate surface area is 199 Å². The summed E-state index contributed by atoms with van der Waals surface area (Å²) in [5.41, 5.74) is 3.47. The number of ether oxygens (including phenoxy) is 2. The van der Waals surface area contributed by atoms with E-state index in [2.05, 4.69) is 5.10 Å². The van der Waals surface area contributed by atoms with Crippen molar-refractivity contribution < 1.29 is 18.7 Å². The van der Waals surface area contributed by atoms with Crippen LogP contribution in [-0.4, -0.2) is 49.3 Å². The zero-order valence-electron chi connectivity index (χ0n) is 19.6. The Bertz CT molecular complexity index is 1170. The number of amides is 1. The molecule has 1 unspecified atom stereocenters.